The molecule has 4 saturated carbocycles. The van der Waals surface area contributed by atoms with E-state index >= 15 is 0 Å². The molecule has 6 nitrogen and oxygen atoms in total. The fourth-order valence-corrected chi connectivity index (χ4v) is 9.62. The summed E-state index contributed by atoms with van der Waals surface area (Å²) in [5.74, 6) is 1.94. The summed E-state index contributed by atoms with van der Waals surface area (Å²) < 4.78 is 15.3. The van der Waals surface area contributed by atoms with E-state index in [1.54, 1.807) is 6.20 Å². The van der Waals surface area contributed by atoms with Crippen molar-refractivity contribution in [3.63, 3.8) is 0 Å². The van der Waals surface area contributed by atoms with Gasteiger partial charge in [0.25, 0.3) is 0 Å². The van der Waals surface area contributed by atoms with Gasteiger partial charge in [0.1, 0.15) is 12.4 Å². The number of hydrogen-bond donors (Lipinski definition) is 1. The number of pyridine rings is 1. The van der Waals surface area contributed by atoms with Crippen molar-refractivity contribution < 1.29 is 14.0 Å². The highest BCUT2D eigenvalue weighted by Gasteiger charge is 2.58. The lowest BCUT2D eigenvalue weighted by molar-refractivity contribution is -0.120. The highest BCUT2D eigenvalue weighted by Crippen LogP contribution is 2.59. The van der Waals surface area contributed by atoms with Crippen molar-refractivity contribution in [3.05, 3.63) is 24.0 Å². The molecule has 0 spiro atoms. The van der Waals surface area contributed by atoms with Crippen LogP contribution < -0.4 is 5.32 Å². The predicted molar refractivity (Wildman–Crippen MR) is 161 cm³/mol. The largest absolute Gasteiger partial charge is 0.411 e. The van der Waals surface area contributed by atoms with Crippen LogP contribution in [0.2, 0.25) is 43.8 Å². The first kappa shape index (κ1) is 28.1. The zero-order valence-electron chi connectivity index (χ0n) is 24.9. The average Bonchev–Trinajstić information content (AvgIpc) is 3.20. The molecular formula is C30H49N3O3Si2. The maximum Gasteiger partial charge on any atom is 0.192 e. The Bertz CT molecular complexity index is 1160. The van der Waals surface area contributed by atoms with Gasteiger partial charge in [-0.15, -0.1) is 0 Å². The van der Waals surface area contributed by atoms with Crippen molar-refractivity contribution in [1.82, 2.24) is 9.55 Å². The van der Waals surface area contributed by atoms with Crippen molar-refractivity contribution in [3.8, 4) is 0 Å². The first-order valence-corrected chi connectivity index (χ1v) is 21.3. The van der Waals surface area contributed by atoms with Gasteiger partial charge in [0, 0.05) is 38.5 Å². The van der Waals surface area contributed by atoms with Crippen molar-refractivity contribution >= 4 is 39.4 Å². The molecule has 6 rings (SSSR count). The molecule has 0 amide bonds. The number of rotatable bonds is 10. The number of nitrogens with zero attached hydrogens (tertiary/aromatic N) is 2. The molecule has 2 heterocycles. The van der Waals surface area contributed by atoms with Gasteiger partial charge in [0.2, 0.25) is 0 Å². The number of anilines is 1. The summed E-state index contributed by atoms with van der Waals surface area (Å²) in [6, 6.07) is 3.62. The van der Waals surface area contributed by atoms with Crippen molar-refractivity contribution in [2.45, 2.75) is 115 Å². The van der Waals surface area contributed by atoms with Crippen molar-refractivity contribution in [2.75, 3.05) is 11.9 Å². The first-order chi connectivity index (χ1) is 17.7. The Balaban J connectivity index is 1.35. The van der Waals surface area contributed by atoms with Crippen LogP contribution in [0.5, 0.6) is 0 Å². The van der Waals surface area contributed by atoms with E-state index in [4.69, 9.17) is 9.16 Å². The lowest BCUT2D eigenvalue weighted by Gasteiger charge is -2.62. The number of carbonyl (C=O) groups is 1. The normalized spacial score (nSPS) is 29.3. The van der Waals surface area contributed by atoms with Crippen molar-refractivity contribution in [2.24, 2.45) is 17.8 Å². The Labute approximate surface area is 231 Å². The van der Waals surface area contributed by atoms with Crippen LogP contribution in [0.4, 0.5) is 5.69 Å². The van der Waals surface area contributed by atoms with Gasteiger partial charge in [0.15, 0.2) is 14.6 Å². The Morgan fingerprint density at radius 3 is 2.42 bits per heavy atom. The first-order valence-electron chi connectivity index (χ1n) is 14.7. The molecule has 2 aromatic heterocycles. The lowest BCUT2D eigenvalue weighted by atomic mass is 9.52. The summed E-state index contributed by atoms with van der Waals surface area (Å²) in [5.41, 5.74) is 2.53. The van der Waals surface area contributed by atoms with E-state index in [2.05, 4.69) is 74.4 Å². The maximum atomic E-state index is 12.1. The molecule has 0 aromatic carbocycles. The second-order valence-electron chi connectivity index (χ2n) is 15.3. The Kier molecular flexibility index (Phi) is 7.28. The molecule has 4 fully saturated rings. The van der Waals surface area contributed by atoms with Crippen LogP contribution >= 0.6 is 0 Å². The molecule has 2 aromatic rings. The summed E-state index contributed by atoms with van der Waals surface area (Å²) in [4.78, 5) is 16.8. The van der Waals surface area contributed by atoms with Crippen LogP contribution in [0.3, 0.4) is 0 Å². The van der Waals surface area contributed by atoms with Gasteiger partial charge in [-0.05, 0) is 80.1 Å². The number of aromatic nitrogens is 2. The third-order valence-electron chi connectivity index (χ3n) is 9.98. The summed E-state index contributed by atoms with van der Waals surface area (Å²) in [6.07, 6.45) is 10.8. The van der Waals surface area contributed by atoms with Crippen LogP contribution in [0.1, 0.15) is 63.2 Å². The van der Waals surface area contributed by atoms with E-state index < -0.39 is 16.4 Å². The second-order valence-corrected chi connectivity index (χ2v) is 25.6. The molecule has 4 bridgehead atoms. The van der Waals surface area contributed by atoms with E-state index in [0.29, 0.717) is 30.2 Å². The summed E-state index contributed by atoms with van der Waals surface area (Å²) in [6.45, 7) is 20.2. The predicted octanol–water partition coefficient (Wildman–Crippen LogP) is 7.54. The lowest BCUT2D eigenvalue weighted by Crippen LogP contribution is -2.63. The van der Waals surface area contributed by atoms with Gasteiger partial charge < -0.3 is 19.0 Å². The number of aldehydes is 1. The molecule has 210 valence electrons. The molecule has 1 unspecified atom stereocenters. The number of hydrogen-bond acceptors (Lipinski definition) is 5. The molecule has 0 aliphatic heterocycles. The van der Waals surface area contributed by atoms with Gasteiger partial charge in [-0.1, -0.05) is 40.4 Å². The van der Waals surface area contributed by atoms with Gasteiger partial charge in [-0.2, -0.15) is 0 Å². The van der Waals surface area contributed by atoms with Crippen LogP contribution in [0.15, 0.2) is 18.5 Å². The van der Waals surface area contributed by atoms with Crippen LogP contribution in [-0.2, 0) is 15.9 Å². The fraction of sp³-hybridized carbons (Fsp3) is 0.733. The summed E-state index contributed by atoms with van der Waals surface area (Å²) in [5, 5.41) is 5.17. The standard InChI is InChI=1S/C30H49N3O3Si2/c1-29(2,3)38(7,8)36-30-15-21-13-22(16-30)26(23(14-21)17-30)32-27-24(19-34)18-31-28-25(27)9-10-33(28)20-35-11-12-37(4,5)6/h9-10,18-19,21-23,26H,11-17,20H2,1-8H3,(H,31,32)/t21?,22-,23+,26+,30-. The topological polar surface area (TPSA) is 65.4 Å². The third-order valence-corrected chi connectivity index (χ3v) is 16.2. The van der Waals surface area contributed by atoms with Gasteiger partial charge >= 0.3 is 0 Å². The van der Waals surface area contributed by atoms with Crippen molar-refractivity contribution in [1.29, 1.82) is 0 Å². The zero-order chi connectivity index (χ0) is 27.5. The molecule has 4 aliphatic carbocycles. The average molecular weight is 556 g/mol. The highest BCUT2D eigenvalue weighted by atomic mass is 28.4. The molecule has 5 atom stereocenters. The second kappa shape index (κ2) is 9.86. The quantitative estimate of drug-likeness (QED) is 0.186. The number of ether oxygens (including phenoxy) is 1. The van der Waals surface area contributed by atoms with E-state index in [9.17, 15) is 4.79 Å². The van der Waals surface area contributed by atoms with E-state index in [1.165, 1.54) is 19.3 Å². The van der Waals surface area contributed by atoms with E-state index in [-0.39, 0.29) is 10.6 Å². The van der Waals surface area contributed by atoms with Crippen LogP contribution in [0, 0.1) is 17.8 Å². The zero-order valence-corrected chi connectivity index (χ0v) is 26.9. The molecule has 1 N–H and O–H groups in total. The Hall–Kier alpha value is -1.49. The third kappa shape index (κ3) is 5.43. The molecule has 4 aliphatic rings. The SMILES string of the molecule is CC(C)(C)[Si](C)(C)O[C@]12CC3C[C@H](C1)[C@H](Nc1c(C=O)cnc4c1ccn4COCC[Si](C)(C)C)[C@@H](C3)C2. The molecular weight excluding hydrogens is 507 g/mol. The monoisotopic (exact) mass is 555 g/mol. The van der Waals surface area contributed by atoms with Gasteiger partial charge in [-0.25, -0.2) is 4.98 Å². The minimum atomic E-state index is -1.85. The summed E-state index contributed by atoms with van der Waals surface area (Å²) >= 11 is 0. The van der Waals surface area contributed by atoms with E-state index in [1.807, 2.05) is 6.20 Å². The van der Waals surface area contributed by atoms with Gasteiger partial charge in [0.05, 0.1) is 16.9 Å². The summed E-state index contributed by atoms with van der Waals surface area (Å²) in [7, 11) is -2.97. The molecule has 0 saturated heterocycles. The molecule has 8 heteroatoms. The fourth-order valence-electron chi connectivity index (χ4n) is 7.22. The maximum absolute atomic E-state index is 12.1. The number of fused-ring (bicyclic) bond motifs is 1. The smallest absolute Gasteiger partial charge is 0.192 e. The van der Waals surface area contributed by atoms with Gasteiger partial charge in [-0.3, -0.25) is 4.79 Å². The van der Waals surface area contributed by atoms with E-state index in [0.717, 1.165) is 54.4 Å². The number of carbonyl (C=O) groups excluding carboxylic acids is 1. The Morgan fingerprint density at radius 1 is 1.13 bits per heavy atom. The van der Waals surface area contributed by atoms with Crippen LogP contribution in [-0.4, -0.2) is 50.5 Å². The van der Waals surface area contributed by atoms with Crippen LogP contribution in [0.25, 0.3) is 11.0 Å². The number of nitrogens with one attached hydrogen (secondary N) is 1. The Morgan fingerprint density at radius 2 is 1.82 bits per heavy atom. The molecule has 38 heavy (non-hydrogen) atoms. The minimum Gasteiger partial charge on any atom is -0.411 e. The minimum absolute atomic E-state index is 0.0509. The molecule has 0 radical (unpaired) electrons. The highest BCUT2D eigenvalue weighted by molar-refractivity contribution is 6.76.